The summed E-state index contributed by atoms with van der Waals surface area (Å²) in [5, 5.41) is 11.7. The van der Waals surface area contributed by atoms with E-state index in [1.807, 2.05) is 13.8 Å². The highest BCUT2D eigenvalue weighted by Gasteiger charge is 2.20. The average Bonchev–Trinajstić information content (AvgIpc) is 2.67. The number of H-pyrrole nitrogens is 1. The normalized spacial score (nSPS) is 11.0. The molecule has 0 radical (unpaired) electrons. The first-order chi connectivity index (χ1) is 13.7. The molecule has 0 aliphatic carbocycles. The van der Waals surface area contributed by atoms with Gasteiger partial charge in [0, 0.05) is 17.9 Å². The predicted octanol–water partition coefficient (Wildman–Crippen LogP) is 2.18. The lowest BCUT2D eigenvalue weighted by molar-refractivity contribution is 0.0696. The van der Waals surface area contributed by atoms with Crippen LogP contribution in [-0.2, 0) is 6.54 Å². The van der Waals surface area contributed by atoms with Crippen LogP contribution in [0.4, 0.5) is 5.69 Å². The lowest BCUT2D eigenvalue weighted by atomic mass is 10.0. The highest BCUT2D eigenvalue weighted by Crippen LogP contribution is 2.21. The fourth-order valence-electron chi connectivity index (χ4n) is 2.99. The summed E-state index contributed by atoms with van der Waals surface area (Å²) in [4.78, 5) is 55.5. The Bertz CT molecular complexity index is 1240. The van der Waals surface area contributed by atoms with E-state index >= 15 is 0 Å². The number of aromatic carboxylic acids is 1. The molecule has 0 bridgehead atoms. The Hall–Kier alpha value is -3.75. The number of carbonyl (C=O) groups is 2. The Kier molecular flexibility index (Phi) is 5.31. The molecular weight excluding hydrogens is 376 g/mol. The van der Waals surface area contributed by atoms with E-state index in [0.29, 0.717) is 5.69 Å². The summed E-state index contributed by atoms with van der Waals surface area (Å²) in [6, 6.07) is 7.29. The maximum Gasteiger partial charge on any atom is 0.335 e. The van der Waals surface area contributed by atoms with Crippen molar-refractivity contribution >= 4 is 28.6 Å². The largest absolute Gasteiger partial charge is 0.478 e. The Labute approximate surface area is 165 Å². The number of carboxylic acid groups (broad SMARTS) is 1. The van der Waals surface area contributed by atoms with E-state index in [1.54, 1.807) is 13.0 Å². The molecule has 0 unspecified atom stereocenters. The van der Waals surface area contributed by atoms with Crippen molar-refractivity contribution in [3.8, 4) is 0 Å². The van der Waals surface area contributed by atoms with Gasteiger partial charge in [0.1, 0.15) is 0 Å². The number of aromatic amines is 1. The van der Waals surface area contributed by atoms with Crippen LogP contribution in [0.3, 0.4) is 0 Å². The van der Waals surface area contributed by atoms with Crippen LogP contribution in [0.25, 0.3) is 11.0 Å². The predicted molar refractivity (Wildman–Crippen MR) is 108 cm³/mol. The SMILES string of the molecule is CCn1c(=O)[nH]c(=O)c2c(C(=O)Nc3cccc(C(=O)O)c3)cc(C(C)C)nc21. The van der Waals surface area contributed by atoms with E-state index in [1.165, 1.54) is 28.8 Å². The van der Waals surface area contributed by atoms with Crippen LogP contribution in [-0.4, -0.2) is 31.5 Å². The fourth-order valence-corrected chi connectivity index (χ4v) is 2.99. The quantitative estimate of drug-likeness (QED) is 0.605. The number of aromatic nitrogens is 3. The third kappa shape index (κ3) is 3.79. The van der Waals surface area contributed by atoms with Gasteiger partial charge in [-0.1, -0.05) is 19.9 Å². The molecule has 150 valence electrons. The van der Waals surface area contributed by atoms with Gasteiger partial charge in [-0.25, -0.2) is 14.6 Å². The molecule has 3 aromatic rings. The van der Waals surface area contributed by atoms with Crippen LogP contribution in [0, 0.1) is 0 Å². The monoisotopic (exact) mass is 396 g/mol. The molecule has 2 heterocycles. The number of pyridine rings is 1. The Balaban J connectivity index is 2.21. The van der Waals surface area contributed by atoms with E-state index in [9.17, 15) is 19.2 Å². The zero-order valence-electron chi connectivity index (χ0n) is 16.1. The van der Waals surface area contributed by atoms with Crippen molar-refractivity contribution in [3.63, 3.8) is 0 Å². The summed E-state index contributed by atoms with van der Waals surface area (Å²) in [5.74, 6) is -1.78. The average molecular weight is 396 g/mol. The van der Waals surface area contributed by atoms with Gasteiger partial charge in [0.25, 0.3) is 11.5 Å². The molecule has 0 aliphatic heterocycles. The van der Waals surface area contributed by atoms with Crippen LogP contribution in [0.1, 0.15) is 53.1 Å². The first kappa shape index (κ1) is 20.0. The molecular formula is C20H20N4O5. The number of anilines is 1. The molecule has 2 aromatic heterocycles. The topological polar surface area (TPSA) is 134 Å². The standard InChI is InChI=1S/C20H20N4O5/c1-4-24-16-15(18(26)23-20(24)29)13(9-14(22-16)10(2)3)17(25)21-12-7-5-6-11(8-12)19(27)28/h5-10H,4H2,1-3H3,(H,21,25)(H,27,28)(H,23,26,29). The van der Waals surface area contributed by atoms with E-state index in [0.717, 1.165) is 0 Å². The Morgan fingerprint density at radius 3 is 2.59 bits per heavy atom. The van der Waals surface area contributed by atoms with Crippen LogP contribution < -0.4 is 16.6 Å². The molecule has 9 heteroatoms. The summed E-state index contributed by atoms with van der Waals surface area (Å²) >= 11 is 0. The van der Waals surface area contributed by atoms with Crippen molar-refractivity contribution in [1.82, 2.24) is 14.5 Å². The molecule has 0 saturated carbocycles. The lowest BCUT2D eigenvalue weighted by Crippen LogP contribution is -2.32. The van der Waals surface area contributed by atoms with Gasteiger partial charge in [0.2, 0.25) is 0 Å². The highest BCUT2D eigenvalue weighted by atomic mass is 16.4. The highest BCUT2D eigenvalue weighted by molar-refractivity contribution is 6.12. The number of hydrogen-bond donors (Lipinski definition) is 3. The molecule has 1 aromatic carbocycles. The maximum absolute atomic E-state index is 13.0. The molecule has 0 saturated heterocycles. The molecule has 1 amide bonds. The molecule has 0 aliphatic rings. The Morgan fingerprint density at radius 1 is 1.24 bits per heavy atom. The van der Waals surface area contributed by atoms with E-state index in [4.69, 9.17) is 5.11 Å². The minimum atomic E-state index is -1.12. The van der Waals surface area contributed by atoms with Gasteiger partial charge in [-0.15, -0.1) is 0 Å². The molecule has 0 fully saturated rings. The summed E-state index contributed by atoms with van der Waals surface area (Å²) in [6.07, 6.45) is 0. The number of nitrogens with one attached hydrogen (secondary N) is 2. The van der Waals surface area contributed by atoms with Gasteiger partial charge in [-0.05, 0) is 37.1 Å². The van der Waals surface area contributed by atoms with E-state index in [2.05, 4.69) is 15.3 Å². The zero-order valence-corrected chi connectivity index (χ0v) is 16.1. The number of carbonyl (C=O) groups excluding carboxylic acids is 1. The molecule has 0 atom stereocenters. The van der Waals surface area contributed by atoms with Crippen LogP contribution >= 0.6 is 0 Å². The number of fused-ring (bicyclic) bond motifs is 1. The van der Waals surface area contributed by atoms with E-state index in [-0.39, 0.29) is 40.3 Å². The number of amides is 1. The van der Waals surface area contributed by atoms with Crippen molar-refractivity contribution in [2.24, 2.45) is 0 Å². The fraction of sp³-hybridized carbons (Fsp3) is 0.250. The second kappa shape index (κ2) is 7.70. The van der Waals surface area contributed by atoms with Crippen molar-refractivity contribution < 1.29 is 14.7 Å². The van der Waals surface area contributed by atoms with Gasteiger partial charge >= 0.3 is 11.7 Å². The minimum Gasteiger partial charge on any atom is -0.478 e. The van der Waals surface area contributed by atoms with Crippen molar-refractivity contribution in [1.29, 1.82) is 0 Å². The molecule has 3 N–H and O–H groups in total. The van der Waals surface area contributed by atoms with Gasteiger partial charge < -0.3 is 10.4 Å². The van der Waals surface area contributed by atoms with Crippen LogP contribution in [0.5, 0.6) is 0 Å². The number of carboxylic acids is 1. The van der Waals surface area contributed by atoms with Gasteiger partial charge in [-0.3, -0.25) is 19.1 Å². The summed E-state index contributed by atoms with van der Waals surface area (Å²) < 4.78 is 1.30. The number of nitrogens with zero attached hydrogens (tertiary/aromatic N) is 2. The number of aryl methyl sites for hydroxylation is 1. The first-order valence-electron chi connectivity index (χ1n) is 9.05. The Morgan fingerprint density at radius 2 is 1.97 bits per heavy atom. The van der Waals surface area contributed by atoms with Crippen molar-refractivity contribution in [2.45, 2.75) is 33.2 Å². The maximum atomic E-state index is 13.0. The number of hydrogen-bond acceptors (Lipinski definition) is 5. The van der Waals surface area contributed by atoms with Gasteiger partial charge in [-0.2, -0.15) is 0 Å². The zero-order chi connectivity index (χ0) is 21.3. The van der Waals surface area contributed by atoms with E-state index < -0.39 is 23.1 Å². The second-order valence-electron chi connectivity index (χ2n) is 6.79. The van der Waals surface area contributed by atoms with Crippen LogP contribution in [0.2, 0.25) is 0 Å². The lowest BCUT2D eigenvalue weighted by Gasteiger charge is -2.14. The third-order valence-corrected chi connectivity index (χ3v) is 4.49. The second-order valence-corrected chi connectivity index (χ2v) is 6.79. The van der Waals surface area contributed by atoms with Gasteiger partial charge in [0.15, 0.2) is 5.65 Å². The molecule has 0 spiro atoms. The van der Waals surface area contributed by atoms with Crippen molar-refractivity contribution in [2.75, 3.05) is 5.32 Å². The molecule has 9 nitrogen and oxygen atoms in total. The number of rotatable bonds is 5. The minimum absolute atomic E-state index is 0.00254. The first-order valence-corrected chi connectivity index (χ1v) is 9.05. The summed E-state index contributed by atoms with van der Waals surface area (Å²) in [7, 11) is 0. The molecule has 29 heavy (non-hydrogen) atoms. The molecule has 3 rings (SSSR count). The number of benzene rings is 1. The third-order valence-electron chi connectivity index (χ3n) is 4.49. The van der Waals surface area contributed by atoms with Crippen molar-refractivity contribution in [3.05, 3.63) is 68.0 Å². The summed E-state index contributed by atoms with van der Waals surface area (Å²) in [6.45, 7) is 5.77. The summed E-state index contributed by atoms with van der Waals surface area (Å²) in [5.41, 5.74) is -0.274. The van der Waals surface area contributed by atoms with Crippen LogP contribution in [0.15, 0.2) is 39.9 Å². The van der Waals surface area contributed by atoms with Gasteiger partial charge in [0.05, 0.1) is 16.5 Å². The smallest absolute Gasteiger partial charge is 0.335 e.